The number of methoxy groups -OCH3 is 2. The maximum Gasteiger partial charge on any atom is 0.244 e. The number of fused-ring (bicyclic) bond motifs is 1. The van der Waals surface area contributed by atoms with E-state index in [2.05, 4.69) is 9.82 Å². The molecule has 2 aromatic rings. The molecule has 0 amide bonds. The van der Waals surface area contributed by atoms with Crippen LogP contribution in [0.5, 0.6) is 11.5 Å². The van der Waals surface area contributed by atoms with Crippen LogP contribution in [-0.2, 0) is 34.3 Å². The van der Waals surface area contributed by atoms with E-state index in [0.29, 0.717) is 25.5 Å². The largest absolute Gasteiger partial charge is 0.497 e. The summed E-state index contributed by atoms with van der Waals surface area (Å²) in [4.78, 5) is 0.0465. The number of benzene rings is 1. The third-order valence-corrected chi connectivity index (χ3v) is 5.53. The molecule has 0 saturated carbocycles. The Bertz CT molecular complexity index is 847. The zero-order valence-electron chi connectivity index (χ0n) is 14.2. The predicted molar refractivity (Wildman–Crippen MR) is 90.3 cm³/mol. The molecule has 8 nitrogen and oxygen atoms in total. The highest BCUT2D eigenvalue weighted by Crippen LogP contribution is 2.27. The van der Waals surface area contributed by atoms with Crippen molar-refractivity contribution in [2.75, 3.05) is 27.4 Å². The van der Waals surface area contributed by atoms with Crippen LogP contribution in [0, 0.1) is 0 Å². The first-order chi connectivity index (χ1) is 12.0. The molecule has 136 valence electrons. The van der Waals surface area contributed by atoms with Gasteiger partial charge in [-0.3, -0.25) is 4.68 Å². The van der Waals surface area contributed by atoms with Crippen LogP contribution in [0.25, 0.3) is 0 Å². The van der Waals surface area contributed by atoms with Crippen molar-refractivity contribution < 1.29 is 22.6 Å². The molecule has 1 aliphatic rings. The van der Waals surface area contributed by atoms with Crippen molar-refractivity contribution in [2.24, 2.45) is 0 Å². The molecule has 2 heterocycles. The third-order valence-electron chi connectivity index (χ3n) is 4.05. The Balaban J connectivity index is 1.71. The van der Waals surface area contributed by atoms with Gasteiger partial charge in [-0.2, -0.15) is 5.10 Å². The van der Waals surface area contributed by atoms with Gasteiger partial charge in [0.25, 0.3) is 0 Å². The summed E-state index contributed by atoms with van der Waals surface area (Å²) < 4.78 is 45.3. The number of sulfonamides is 1. The molecule has 25 heavy (non-hydrogen) atoms. The van der Waals surface area contributed by atoms with Gasteiger partial charge in [0.1, 0.15) is 16.4 Å². The molecule has 9 heteroatoms. The van der Waals surface area contributed by atoms with Gasteiger partial charge in [0.2, 0.25) is 10.0 Å². The molecule has 1 aromatic heterocycles. The second-order valence-electron chi connectivity index (χ2n) is 5.56. The van der Waals surface area contributed by atoms with Gasteiger partial charge in [-0.15, -0.1) is 0 Å². The number of nitrogens with zero attached hydrogens (tertiary/aromatic N) is 2. The topological polar surface area (TPSA) is 91.7 Å². The second kappa shape index (κ2) is 7.42. The maximum atomic E-state index is 12.6. The summed E-state index contributed by atoms with van der Waals surface area (Å²) in [7, 11) is -0.819. The Kier molecular flexibility index (Phi) is 5.26. The molecule has 1 N–H and O–H groups in total. The van der Waals surface area contributed by atoms with Crippen molar-refractivity contribution in [3.05, 3.63) is 35.7 Å². The van der Waals surface area contributed by atoms with E-state index in [0.717, 1.165) is 17.7 Å². The monoisotopic (exact) mass is 367 g/mol. The van der Waals surface area contributed by atoms with Crippen LogP contribution >= 0.6 is 0 Å². The summed E-state index contributed by atoms with van der Waals surface area (Å²) in [5.41, 5.74) is 2.16. The molecule has 1 aromatic carbocycles. The van der Waals surface area contributed by atoms with Crippen LogP contribution in [0.4, 0.5) is 0 Å². The standard InChI is InChI=1S/C16H21N3O5S/c1-22-13-3-4-15(23-2)16(9-13)25(20,21)18-6-7-19-14-5-8-24-11-12(14)10-17-19/h3-4,9-10,18H,5-8,11H2,1-2H3. The zero-order chi connectivity index (χ0) is 17.9. The number of hydrogen-bond acceptors (Lipinski definition) is 6. The van der Waals surface area contributed by atoms with Crippen LogP contribution in [0.1, 0.15) is 11.3 Å². The number of rotatable bonds is 7. The molecule has 1 aliphatic heterocycles. The molecular formula is C16H21N3O5S. The van der Waals surface area contributed by atoms with Gasteiger partial charge in [0.05, 0.1) is 40.2 Å². The molecule has 0 unspecified atom stereocenters. The molecule has 0 atom stereocenters. The molecule has 0 radical (unpaired) electrons. The second-order valence-corrected chi connectivity index (χ2v) is 7.29. The van der Waals surface area contributed by atoms with E-state index in [1.807, 2.05) is 4.68 Å². The normalized spacial score (nSPS) is 14.2. The Hall–Kier alpha value is -2.10. The minimum Gasteiger partial charge on any atom is -0.497 e. The Morgan fingerprint density at radius 1 is 1.32 bits per heavy atom. The highest BCUT2D eigenvalue weighted by atomic mass is 32.2. The summed E-state index contributed by atoms with van der Waals surface area (Å²) in [6.45, 7) is 1.88. The molecule has 0 fully saturated rings. The maximum absolute atomic E-state index is 12.6. The van der Waals surface area contributed by atoms with Crippen molar-refractivity contribution in [2.45, 2.75) is 24.5 Å². The summed E-state index contributed by atoms with van der Waals surface area (Å²) >= 11 is 0. The fourth-order valence-electron chi connectivity index (χ4n) is 2.76. The van der Waals surface area contributed by atoms with E-state index in [1.165, 1.54) is 20.3 Å². The van der Waals surface area contributed by atoms with E-state index in [4.69, 9.17) is 14.2 Å². The summed E-state index contributed by atoms with van der Waals surface area (Å²) in [5, 5.41) is 4.31. The van der Waals surface area contributed by atoms with Gasteiger partial charge in [-0.25, -0.2) is 13.1 Å². The number of aromatic nitrogens is 2. The van der Waals surface area contributed by atoms with Crippen LogP contribution in [0.3, 0.4) is 0 Å². The minimum atomic E-state index is -3.73. The van der Waals surface area contributed by atoms with Crippen molar-refractivity contribution in [3.63, 3.8) is 0 Å². The van der Waals surface area contributed by atoms with E-state index in [-0.39, 0.29) is 17.2 Å². The fourth-order valence-corrected chi connectivity index (χ4v) is 3.96. The Morgan fingerprint density at radius 2 is 2.16 bits per heavy atom. The highest BCUT2D eigenvalue weighted by molar-refractivity contribution is 7.89. The predicted octanol–water partition coefficient (Wildman–Crippen LogP) is 0.951. The molecule has 0 spiro atoms. The average Bonchev–Trinajstić information content (AvgIpc) is 3.04. The minimum absolute atomic E-state index is 0.0465. The first-order valence-corrected chi connectivity index (χ1v) is 9.36. The van der Waals surface area contributed by atoms with Crippen LogP contribution in [0.15, 0.2) is 29.3 Å². The molecule has 0 aliphatic carbocycles. The lowest BCUT2D eigenvalue weighted by Gasteiger charge is -2.15. The Labute approximate surface area is 146 Å². The summed E-state index contributed by atoms with van der Waals surface area (Å²) in [5.74, 6) is 0.712. The highest BCUT2D eigenvalue weighted by Gasteiger charge is 2.21. The number of nitrogens with one attached hydrogen (secondary N) is 1. The zero-order valence-corrected chi connectivity index (χ0v) is 15.0. The molecule has 3 rings (SSSR count). The van der Waals surface area contributed by atoms with Gasteiger partial charge in [-0.05, 0) is 12.1 Å². The lowest BCUT2D eigenvalue weighted by atomic mass is 10.2. The number of ether oxygens (including phenoxy) is 3. The fraction of sp³-hybridized carbons (Fsp3) is 0.438. The summed E-state index contributed by atoms with van der Waals surface area (Å²) in [6, 6.07) is 4.65. The van der Waals surface area contributed by atoms with Crippen LogP contribution in [0.2, 0.25) is 0 Å². The van der Waals surface area contributed by atoms with Crippen molar-refractivity contribution in [3.8, 4) is 11.5 Å². The lowest BCUT2D eigenvalue weighted by Crippen LogP contribution is -2.29. The quantitative estimate of drug-likeness (QED) is 0.783. The van der Waals surface area contributed by atoms with Gasteiger partial charge >= 0.3 is 0 Å². The smallest absolute Gasteiger partial charge is 0.244 e. The van der Waals surface area contributed by atoms with Crippen molar-refractivity contribution >= 4 is 10.0 Å². The lowest BCUT2D eigenvalue weighted by molar-refractivity contribution is 0.109. The van der Waals surface area contributed by atoms with E-state index < -0.39 is 10.0 Å². The van der Waals surface area contributed by atoms with E-state index in [1.54, 1.807) is 18.3 Å². The first kappa shape index (κ1) is 17.7. The average molecular weight is 367 g/mol. The van der Waals surface area contributed by atoms with Crippen molar-refractivity contribution in [1.82, 2.24) is 14.5 Å². The number of hydrogen-bond donors (Lipinski definition) is 1. The van der Waals surface area contributed by atoms with Crippen molar-refractivity contribution in [1.29, 1.82) is 0 Å². The van der Waals surface area contributed by atoms with Gasteiger partial charge in [-0.1, -0.05) is 0 Å². The third kappa shape index (κ3) is 3.78. The van der Waals surface area contributed by atoms with Crippen LogP contribution < -0.4 is 14.2 Å². The van der Waals surface area contributed by atoms with Crippen LogP contribution in [-0.4, -0.2) is 45.6 Å². The van der Waals surface area contributed by atoms with E-state index >= 15 is 0 Å². The van der Waals surface area contributed by atoms with Gasteiger partial charge in [0, 0.05) is 30.3 Å². The molecular weight excluding hydrogens is 346 g/mol. The first-order valence-electron chi connectivity index (χ1n) is 7.88. The SMILES string of the molecule is COc1ccc(OC)c(S(=O)(=O)NCCn2ncc3c2CCOC3)c1. The summed E-state index contributed by atoms with van der Waals surface area (Å²) in [6.07, 6.45) is 2.56. The van der Waals surface area contributed by atoms with Gasteiger partial charge in [0.15, 0.2) is 0 Å². The van der Waals surface area contributed by atoms with Gasteiger partial charge < -0.3 is 14.2 Å². The molecule has 0 saturated heterocycles. The Morgan fingerprint density at radius 3 is 2.92 bits per heavy atom. The van der Waals surface area contributed by atoms with E-state index in [9.17, 15) is 8.42 Å². The molecule has 0 bridgehead atoms.